The molecule has 0 saturated carbocycles. The molecule has 3 nitrogen and oxygen atoms in total. The van der Waals surface area contributed by atoms with Crippen LogP contribution in [0.5, 0.6) is 0 Å². The number of amides is 1. The summed E-state index contributed by atoms with van der Waals surface area (Å²) in [6.07, 6.45) is 0. The first kappa shape index (κ1) is 20.3. The van der Waals surface area contributed by atoms with Crippen LogP contribution in [0, 0.1) is 11.8 Å². The van der Waals surface area contributed by atoms with E-state index in [0.717, 1.165) is 35.2 Å². The van der Waals surface area contributed by atoms with E-state index < -0.39 is 0 Å². The molecule has 0 aliphatic carbocycles. The van der Waals surface area contributed by atoms with E-state index in [2.05, 4.69) is 27.7 Å². The largest absolute Gasteiger partial charge is 0.338 e. The van der Waals surface area contributed by atoms with Crippen LogP contribution in [0.3, 0.4) is 0 Å². The van der Waals surface area contributed by atoms with Crippen molar-refractivity contribution in [2.75, 3.05) is 13.1 Å². The van der Waals surface area contributed by atoms with Gasteiger partial charge in [-0.25, -0.2) is 4.98 Å². The number of para-hydroxylation sites is 1. The van der Waals surface area contributed by atoms with E-state index in [1.54, 1.807) is 0 Å². The third-order valence-electron chi connectivity index (χ3n) is 4.54. The van der Waals surface area contributed by atoms with Crippen molar-refractivity contribution in [3.8, 4) is 11.3 Å². The molecule has 2 aromatic carbocycles. The van der Waals surface area contributed by atoms with Crippen LogP contribution in [0.4, 0.5) is 0 Å². The molecule has 0 atom stereocenters. The minimum atomic E-state index is 0.0659. The van der Waals surface area contributed by atoms with Crippen LogP contribution < -0.4 is 0 Å². The molecule has 0 bridgehead atoms. The minimum Gasteiger partial charge on any atom is -0.338 e. The number of hydrogen-bond donors (Lipinski definition) is 0. The number of aromatic nitrogens is 1. The molecular weight excluding hydrogens is 368 g/mol. The number of carbonyl (C=O) groups excluding carboxylic acids is 1. The molecule has 28 heavy (non-hydrogen) atoms. The fourth-order valence-corrected chi connectivity index (χ4v) is 3.54. The molecule has 3 rings (SSSR count). The predicted octanol–water partition coefficient (Wildman–Crippen LogP) is 6.31. The summed E-state index contributed by atoms with van der Waals surface area (Å²) < 4.78 is 0. The molecule has 1 aromatic heterocycles. The van der Waals surface area contributed by atoms with Crippen LogP contribution in [-0.2, 0) is 0 Å². The van der Waals surface area contributed by atoms with Crippen molar-refractivity contribution in [2.24, 2.45) is 11.8 Å². The molecule has 0 fully saturated rings. The average Bonchev–Trinajstić information content (AvgIpc) is 2.66. The van der Waals surface area contributed by atoms with Gasteiger partial charge >= 0.3 is 0 Å². The Kier molecular flexibility index (Phi) is 6.35. The third kappa shape index (κ3) is 4.71. The van der Waals surface area contributed by atoms with Gasteiger partial charge < -0.3 is 4.90 Å². The predicted molar refractivity (Wildman–Crippen MR) is 118 cm³/mol. The fraction of sp³-hybridized carbons (Fsp3) is 0.333. The smallest absolute Gasteiger partial charge is 0.254 e. The number of nitrogens with zero attached hydrogens (tertiary/aromatic N) is 2. The quantitative estimate of drug-likeness (QED) is 0.490. The summed E-state index contributed by atoms with van der Waals surface area (Å²) in [5.41, 5.74) is 3.26. The summed E-state index contributed by atoms with van der Waals surface area (Å²) >= 11 is 6.03. The van der Waals surface area contributed by atoms with Gasteiger partial charge in [0, 0.05) is 29.1 Å². The van der Waals surface area contributed by atoms with Crippen LogP contribution >= 0.6 is 11.6 Å². The Morgan fingerprint density at radius 3 is 2.18 bits per heavy atom. The van der Waals surface area contributed by atoms with E-state index in [9.17, 15) is 4.79 Å². The van der Waals surface area contributed by atoms with E-state index >= 15 is 0 Å². The van der Waals surface area contributed by atoms with E-state index in [1.165, 1.54) is 0 Å². The van der Waals surface area contributed by atoms with Crippen LogP contribution in [0.25, 0.3) is 22.2 Å². The van der Waals surface area contributed by atoms with Gasteiger partial charge in [0.1, 0.15) is 0 Å². The van der Waals surface area contributed by atoms with Gasteiger partial charge in [-0.05, 0) is 36.1 Å². The second-order valence-corrected chi connectivity index (χ2v) is 8.51. The molecular formula is C24H27ClN2O. The molecule has 0 radical (unpaired) electrons. The second-order valence-electron chi connectivity index (χ2n) is 8.08. The van der Waals surface area contributed by atoms with Gasteiger partial charge in [0.15, 0.2) is 0 Å². The Morgan fingerprint density at radius 1 is 0.964 bits per heavy atom. The molecule has 3 aromatic rings. The third-order valence-corrected chi connectivity index (χ3v) is 4.80. The SMILES string of the molecule is CC(C)CN(CC(C)C)C(=O)c1cc(-c2ccc(Cl)cc2)nc2ccccc12. The van der Waals surface area contributed by atoms with Crippen LogP contribution in [0.2, 0.25) is 5.02 Å². The lowest BCUT2D eigenvalue weighted by atomic mass is 10.0. The Morgan fingerprint density at radius 2 is 1.57 bits per heavy atom. The molecule has 0 spiro atoms. The molecule has 0 aliphatic rings. The van der Waals surface area contributed by atoms with Crippen LogP contribution in [0.1, 0.15) is 38.1 Å². The number of benzene rings is 2. The van der Waals surface area contributed by atoms with E-state index in [4.69, 9.17) is 16.6 Å². The lowest BCUT2D eigenvalue weighted by Crippen LogP contribution is -2.37. The van der Waals surface area contributed by atoms with Gasteiger partial charge in [0.25, 0.3) is 5.91 Å². The van der Waals surface area contributed by atoms with Gasteiger partial charge in [0.05, 0.1) is 16.8 Å². The summed E-state index contributed by atoms with van der Waals surface area (Å²) in [5.74, 6) is 0.884. The van der Waals surface area contributed by atoms with Gasteiger partial charge in [0.2, 0.25) is 0 Å². The van der Waals surface area contributed by atoms with E-state index in [-0.39, 0.29) is 5.91 Å². The Labute approximate surface area is 172 Å². The van der Waals surface area contributed by atoms with Crippen molar-refractivity contribution in [1.29, 1.82) is 0 Å². The number of pyridine rings is 1. The maximum atomic E-state index is 13.5. The zero-order chi connectivity index (χ0) is 20.3. The normalized spacial score (nSPS) is 11.4. The average molecular weight is 395 g/mol. The van der Waals surface area contributed by atoms with E-state index in [0.29, 0.717) is 22.4 Å². The molecule has 0 saturated heterocycles. The first-order chi connectivity index (χ1) is 13.3. The zero-order valence-corrected chi connectivity index (χ0v) is 17.7. The molecule has 1 amide bonds. The first-order valence-electron chi connectivity index (χ1n) is 9.80. The highest BCUT2D eigenvalue weighted by molar-refractivity contribution is 6.30. The highest BCUT2D eigenvalue weighted by Crippen LogP contribution is 2.27. The zero-order valence-electron chi connectivity index (χ0n) is 16.9. The Bertz CT molecular complexity index is 954. The summed E-state index contributed by atoms with van der Waals surface area (Å²) in [7, 11) is 0. The van der Waals surface area contributed by atoms with Crippen molar-refractivity contribution in [2.45, 2.75) is 27.7 Å². The van der Waals surface area contributed by atoms with Crippen molar-refractivity contribution in [3.05, 3.63) is 65.2 Å². The van der Waals surface area contributed by atoms with Gasteiger partial charge in [-0.2, -0.15) is 0 Å². The van der Waals surface area contributed by atoms with Gasteiger partial charge in [-0.3, -0.25) is 4.79 Å². The highest BCUT2D eigenvalue weighted by atomic mass is 35.5. The summed E-state index contributed by atoms with van der Waals surface area (Å²) in [6, 6.07) is 17.3. The van der Waals surface area contributed by atoms with Gasteiger partial charge in [-0.15, -0.1) is 0 Å². The number of rotatable bonds is 6. The Hall–Kier alpha value is -2.39. The number of halogens is 1. The van der Waals surface area contributed by atoms with Crippen molar-refractivity contribution in [1.82, 2.24) is 9.88 Å². The van der Waals surface area contributed by atoms with Crippen LogP contribution in [0.15, 0.2) is 54.6 Å². The number of carbonyl (C=O) groups is 1. The lowest BCUT2D eigenvalue weighted by Gasteiger charge is -2.27. The standard InChI is InChI=1S/C24H27ClN2O/c1-16(2)14-27(15-17(3)4)24(28)21-13-23(18-9-11-19(25)12-10-18)26-22-8-6-5-7-20(21)22/h5-13,16-17H,14-15H2,1-4H3. The Balaban J connectivity index is 2.12. The van der Waals surface area contributed by atoms with Crippen molar-refractivity contribution in [3.63, 3.8) is 0 Å². The molecule has 1 heterocycles. The first-order valence-corrected chi connectivity index (χ1v) is 10.2. The summed E-state index contributed by atoms with van der Waals surface area (Å²) in [5, 5.41) is 1.57. The van der Waals surface area contributed by atoms with Gasteiger partial charge in [-0.1, -0.05) is 69.6 Å². The molecule has 0 unspecified atom stereocenters. The summed E-state index contributed by atoms with van der Waals surface area (Å²) in [4.78, 5) is 20.3. The minimum absolute atomic E-state index is 0.0659. The highest BCUT2D eigenvalue weighted by Gasteiger charge is 2.21. The van der Waals surface area contributed by atoms with Crippen molar-refractivity contribution < 1.29 is 4.79 Å². The monoisotopic (exact) mass is 394 g/mol. The van der Waals surface area contributed by atoms with Crippen LogP contribution in [-0.4, -0.2) is 28.9 Å². The molecule has 4 heteroatoms. The maximum absolute atomic E-state index is 13.5. The van der Waals surface area contributed by atoms with E-state index in [1.807, 2.05) is 59.5 Å². The second kappa shape index (κ2) is 8.74. The fourth-order valence-electron chi connectivity index (χ4n) is 3.41. The number of hydrogen-bond acceptors (Lipinski definition) is 2. The molecule has 0 N–H and O–H groups in total. The molecule has 146 valence electrons. The molecule has 0 aliphatic heterocycles. The topological polar surface area (TPSA) is 33.2 Å². The number of fused-ring (bicyclic) bond motifs is 1. The summed E-state index contributed by atoms with van der Waals surface area (Å²) in [6.45, 7) is 10.1. The van der Waals surface area contributed by atoms with Crippen molar-refractivity contribution >= 4 is 28.4 Å². The maximum Gasteiger partial charge on any atom is 0.254 e. The lowest BCUT2D eigenvalue weighted by molar-refractivity contribution is 0.0717.